The molecule has 0 aliphatic carbocycles. The van der Waals surface area contributed by atoms with Crippen LogP contribution in [0.4, 0.5) is 0 Å². The Labute approximate surface area is 72.6 Å². The van der Waals surface area contributed by atoms with Gasteiger partial charge in [-0.3, -0.25) is 4.99 Å². The normalized spacial score (nSPS) is 11.0. The molecule has 3 nitrogen and oxygen atoms in total. The Morgan fingerprint density at radius 2 is 1.58 bits per heavy atom. The summed E-state index contributed by atoms with van der Waals surface area (Å²) in [5, 5.41) is 0. The van der Waals surface area contributed by atoms with Gasteiger partial charge in [-0.15, -0.1) is 0 Å². The number of hydrogen-bond donors (Lipinski definition) is 0. The minimum absolute atomic E-state index is 0.818. The minimum Gasteiger partial charge on any atom is -0.296 e. The molecule has 0 aromatic carbocycles. The van der Waals surface area contributed by atoms with Crippen molar-refractivity contribution in [1.82, 2.24) is 9.97 Å². The Balaban J connectivity index is 3.28. The summed E-state index contributed by atoms with van der Waals surface area (Å²) in [6.45, 7) is 5.84. The van der Waals surface area contributed by atoms with Gasteiger partial charge in [0.2, 0.25) is 0 Å². The van der Waals surface area contributed by atoms with Gasteiger partial charge in [-0.25, -0.2) is 9.97 Å². The molecule has 1 heterocycles. The monoisotopic (exact) mass is 163 g/mol. The van der Waals surface area contributed by atoms with Crippen LogP contribution in [-0.4, -0.2) is 23.2 Å². The lowest BCUT2D eigenvalue weighted by Gasteiger charge is -2.03. The van der Waals surface area contributed by atoms with Gasteiger partial charge in [0.1, 0.15) is 5.82 Å². The molecule has 64 valence electrons. The Bertz CT molecular complexity index is 293. The van der Waals surface area contributed by atoms with E-state index in [0.717, 1.165) is 22.8 Å². The van der Waals surface area contributed by atoms with Crippen LogP contribution in [0.3, 0.4) is 0 Å². The molecule has 0 atom stereocenters. The maximum absolute atomic E-state index is 4.25. The molecule has 1 aromatic heterocycles. The van der Waals surface area contributed by atoms with Gasteiger partial charge in [-0.1, -0.05) is 0 Å². The molecule has 0 saturated heterocycles. The minimum atomic E-state index is 0.818. The van der Waals surface area contributed by atoms with E-state index in [1.54, 1.807) is 13.3 Å². The van der Waals surface area contributed by atoms with Crippen LogP contribution in [0.25, 0.3) is 0 Å². The first-order valence-corrected chi connectivity index (χ1v) is 3.89. The molecule has 0 amide bonds. The van der Waals surface area contributed by atoms with E-state index in [0.29, 0.717) is 0 Å². The number of aromatic nitrogens is 2. The average Bonchev–Trinajstić information content (AvgIpc) is 1.96. The largest absolute Gasteiger partial charge is 0.296 e. The third-order valence-electron chi connectivity index (χ3n) is 1.70. The number of aliphatic imine (C=N–C) groups is 1. The lowest BCUT2D eigenvalue weighted by Crippen LogP contribution is -2.01. The first-order chi connectivity index (χ1) is 5.65. The van der Waals surface area contributed by atoms with Crippen LogP contribution < -0.4 is 0 Å². The van der Waals surface area contributed by atoms with Crippen molar-refractivity contribution in [3.8, 4) is 0 Å². The zero-order valence-corrected chi connectivity index (χ0v) is 7.92. The van der Waals surface area contributed by atoms with Gasteiger partial charge < -0.3 is 0 Å². The molecule has 1 aromatic rings. The van der Waals surface area contributed by atoms with Crippen molar-refractivity contribution < 1.29 is 0 Å². The van der Waals surface area contributed by atoms with Crippen LogP contribution in [0.5, 0.6) is 0 Å². The topological polar surface area (TPSA) is 38.1 Å². The van der Waals surface area contributed by atoms with Crippen LogP contribution in [0.15, 0.2) is 4.99 Å². The van der Waals surface area contributed by atoms with Gasteiger partial charge in [-0.2, -0.15) is 0 Å². The standard InChI is InChI=1S/C9H13N3/c1-6-9(5-10-4)7(2)12-8(3)11-6/h5H,1-4H3. The molecule has 0 saturated carbocycles. The first kappa shape index (κ1) is 8.84. The summed E-state index contributed by atoms with van der Waals surface area (Å²) in [7, 11) is 1.75. The Hall–Kier alpha value is -1.25. The molecular weight excluding hydrogens is 150 g/mol. The number of rotatable bonds is 1. The molecule has 0 spiro atoms. The second-order valence-corrected chi connectivity index (χ2v) is 2.74. The quantitative estimate of drug-likeness (QED) is 0.588. The van der Waals surface area contributed by atoms with Gasteiger partial charge in [-0.05, 0) is 20.8 Å². The van der Waals surface area contributed by atoms with Crippen molar-refractivity contribution in [2.45, 2.75) is 20.8 Å². The fourth-order valence-electron chi connectivity index (χ4n) is 1.21. The summed E-state index contributed by atoms with van der Waals surface area (Å²) < 4.78 is 0. The second-order valence-electron chi connectivity index (χ2n) is 2.74. The van der Waals surface area contributed by atoms with E-state index in [1.807, 2.05) is 20.8 Å². The van der Waals surface area contributed by atoms with Gasteiger partial charge in [0, 0.05) is 18.8 Å². The SMILES string of the molecule is CN=Cc1c(C)nc(C)nc1C. The fourth-order valence-corrected chi connectivity index (χ4v) is 1.21. The Morgan fingerprint density at radius 1 is 1.08 bits per heavy atom. The van der Waals surface area contributed by atoms with Crippen LogP contribution in [-0.2, 0) is 0 Å². The third kappa shape index (κ3) is 1.67. The highest BCUT2D eigenvalue weighted by Crippen LogP contribution is 2.06. The third-order valence-corrected chi connectivity index (χ3v) is 1.70. The molecule has 3 heteroatoms. The summed E-state index contributed by atoms with van der Waals surface area (Å²) in [6, 6.07) is 0. The second kappa shape index (κ2) is 3.43. The maximum atomic E-state index is 4.25. The van der Waals surface area contributed by atoms with E-state index in [4.69, 9.17) is 0 Å². The number of nitrogens with zero attached hydrogens (tertiary/aromatic N) is 3. The van der Waals surface area contributed by atoms with E-state index >= 15 is 0 Å². The zero-order chi connectivity index (χ0) is 9.14. The zero-order valence-electron chi connectivity index (χ0n) is 7.92. The van der Waals surface area contributed by atoms with Gasteiger partial charge in [0.25, 0.3) is 0 Å². The van der Waals surface area contributed by atoms with Crippen molar-refractivity contribution in [3.05, 3.63) is 22.8 Å². The van der Waals surface area contributed by atoms with Gasteiger partial charge >= 0.3 is 0 Å². The Kier molecular flexibility index (Phi) is 2.53. The van der Waals surface area contributed by atoms with Crippen molar-refractivity contribution >= 4 is 6.21 Å². The first-order valence-electron chi connectivity index (χ1n) is 3.89. The predicted molar refractivity (Wildman–Crippen MR) is 49.8 cm³/mol. The van der Waals surface area contributed by atoms with E-state index in [9.17, 15) is 0 Å². The highest BCUT2D eigenvalue weighted by molar-refractivity contribution is 5.82. The molecule has 1 rings (SSSR count). The van der Waals surface area contributed by atoms with Crippen LogP contribution in [0, 0.1) is 20.8 Å². The van der Waals surface area contributed by atoms with Crippen molar-refractivity contribution in [2.24, 2.45) is 4.99 Å². The van der Waals surface area contributed by atoms with Crippen LogP contribution in [0.1, 0.15) is 22.8 Å². The molecule has 12 heavy (non-hydrogen) atoms. The van der Waals surface area contributed by atoms with Crippen molar-refractivity contribution in [1.29, 1.82) is 0 Å². The average molecular weight is 163 g/mol. The molecule has 0 unspecified atom stereocenters. The molecule has 0 N–H and O–H groups in total. The van der Waals surface area contributed by atoms with E-state index < -0.39 is 0 Å². The summed E-state index contributed by atoms with van der Waals surface area (Å²) in [4.78, 5) is 12.5. The summed E-state index contributed by atoms with van der Waals surface area (Å²) in [6.07, 6.45) is 1.80. The number of hydrogen-bond acceptors (Lipinski definition) is 3. The van der Waals surface area contributed by atoms with E-state index in [-0.39, 0.29) is 0 Å². The van der Waals surface area contributed by atoms with Gasteiger partial charge in [0.05, 0.1) is 11.4 Å². The van der Waals surface area contributed by atoms with Crippen molar-refractivity contribution in [2.75, 3.05) is 7.05 Å². The lowest BCUT2D eigenvalue weighted by atomic mass is 10.2. The van der Waals surface area contributed by atoms with Crippen LogP contribution >= 0.6 is 0 Å². The molecular formula is C9H13N3. The smallest absolute Gasteiger partial charge is 0.125 e. The Morgan fingerprint density at radius 3 is 2.00 bits per heavy atom. The molecule has 0 radical (unpaired) electrons. The summed E-state index contributed by atoms with van der Waals surface area (Å²) >= 11 is 0. The summed E-state index contributed by atoms with van der Waals surface area (Å²) in [5.41, 5.74) is 3.01. The molecule has 0 aliphatic rings. The molecule has 0 fully saturated rings. The predicted octanol–water partition coefficient (Wildman–Crippen LogP) is 1.45. The molecule has 0 bridgehead atoms. The fraction of sp³-hybridized carbons (Fsp3) is 0.444. The number of aryl methyl sites for hydroxylation is 3. The van der Waals surface area contributed by atoms with Gasteiger partial charge in [0.15, 0.2) is 0 Å². The lowest BCUT2D eigenvalue weighted by molar-refractivity contribution is 0.970. The van der Waals surface area contributed by atoms with E-state index in [2.05, 4.69) is 15.0 Å². The maximum Gasteiger partial charge on any atom is 0.125 e. The molecule has 0 aliphatic heterocycles. The summed E-state index contributed by atoms with van der Waals surface area (Å²) in [5.74, 6) is 0.818. The van der Waals surface area contributed by atoms with E-state index in [1.165, 1.54) is 0 Å². The van der Waals surface area contributed by atoms with Crippen LogP contribution in [0.2, 0.25) is 0 Å². The highest BCUT2D eigenvalue weighted by Gasteiger charge is 2.02. The van der Waals surface area contributed by atoms with Crippen molar-refractivity contribution in [3.63, 3.8) is 0 Å². The highest BCUT2D eigenvalue weighted by atomic mass is 14.9.